The molecule has 0 fully saturated rings. The molecule has 1 aromatic carbocycles. The van der Waals surface area contributed by atoms with E-state index in [-0.39, 0.29) is 0 Å². The molecule has 0 unspecified atom stereocenters. The third kappa shape index (κ3) is 5.48. The predicted molar refractivity (Wildman–Crippen MR) is 91.8 cm³/mol. The molecule has 2 rings (SSSR count). The molecule has 0 atom stereocenters. The van der Waals surface area contributed by atoms with Gasteiger partial charge in [-0.15, -0.1) is 0 Å². The van der Waals surface area contributed by atoms with E-state index >= 15 is 0 Å². The predicted octanol–water partition coefficient (Wildman–Crippen LogP) is 2.20. The Morgan fingerprint density at radius 2 is 2.13 bits per heavy atom. The van der Waals surface area contributed by atoms with Gasteiger partial charge in [0.1, 0.15) is 0 Å². The number of guanidine groups is 1. The smallest absolute Gasteiger partial charge is 0.191 e. The molecule has 0 aromatic heterocycles. The summed E-state index contributed by atoms with van der Waals surface area (Å²) < 4.78 is 16.4. The van der Waals surface area contributed by atoms with E-state index in [1.54, 1.807) is 14.2 Å². The van der Waals surface area contributed by atoms with Gasteiger partial charge < -0.3 is 24.8 Å². The van der Waals surface area contributed by atoms with Crippen molar-refractivity contribution in [1.29, 1.82) is 0 Å². The second-order valence-electron chi connectivity index (χ2n) is 5.15. The van der Waals surface area contributed by atoms with Gasteiger partial charge in [0, 0.05) is 40.3 Å². The van der Waals surface area contributed by atoms with Gasteiger partial charge in [0.05, 0.1) is 18.2 Å². The minimum Gasteiger partial charge on any atom is -0.489 e. The first-order chi connectivity index (χ1) is 11.2. The number of methoxy groups -OCH3 is 1. The van der Waals surface area contributed by atoms with Crippen LogP contribution >= 0.6 is 11.6 Å². The van der Waals surface area contributed by atoms with E-state index < -0.39 is 0 Å². The average Bonchev–Trinajstić information content (AvgIpc) is 2.80. The second-order valence-corrected chi connectivity index (χ2v) is 5.56. The van der Waals surface area contributed by atoms with Gasteiger partial charge in [-0.25, -0.2) is 0 Å². The molecule has 0 bridgehead atoms. The van der Waals surface area contributed by atoms with Crippen molar-refractivity contribution in [2.24, 2.45) is 4.99 Å². The SMILES string of the molecule is CN=C(NCCCOC)NCc1cc(Cl)c2c(c1)OCCCO2. The van der Waals surface area contributed by atoms with Crippen molar-refractivity contribution in [1.82, 2.24) is 10.6 Å². The number of benzene rings is 1. The quantitative estimate of drug-likeness (QED) is 0.472. The lowest BCUT2D eigenvalue weighted by Crippen LogP contribution is -2.37. The molecule has 0 spiro atoms. The molecular weight excluding hydrogens is 318 g/mol. The minimum absolute atomic E-state index is 0.573. The van der Waals surface area contributed by atoms with Crippen LogP contribution in [0.15, 0.2) is 17.1 Å². The molecule has 1 aliphatic heterocycles. The molecule has 1 aromatic rings. The van der Waals surface area contributed by atoms with Crippen LogP contribution in [0.25, 0.3) is 0 Å². The highest BCUT2D eigenvalue weighted by Crippen LogP contribution is 2.37. The summed E-state index contributed by atoms with van der Waals surface area (Å²) >= 11 is 6.29. The van der Waals surface area contributed by atoms with Crippen LogP contribution < -0.4 is 20.1 Å². The third-order valence-electron chi connectivity index (χ3n) is 3.36. The highest BCUT2D eigenvalue weighted by Gasteiger charge is 2.15. The van der Waals surface area contributed by atoms with Crippen molar-refractivity contribution in [3.63, 3.8) is 0 Å². The first-order valence-corrected chi connectivity index (χ1v) is 8.14. The summed E-state index contributed by atoms with van der Waals surface area (Å²) in [4.78, 5) is 4.19. The summed E-state index contributed by atoms with van der Waals surface area (Å²) in [5, 5.41) is 7.06. The summed E-state index contributed by atoms with van der Waals surface area (Å²) in [5.41, 5.74) is 1.01. The van der Waals surface area contributed by atoms with E-state index in [1.165, 1.54) is 0 Å². The van der Waals surface area contributed by atoms with Gasteiger partial charge >= 0.3 is 0 Å². The summed E-state index contributed by atoms with van der Waals surface area (Å²) in [5.74, 6) is 2.08. The van der Waals surface area contributed by atoms with Gasteiger partial charge in [-0.05, 0) is 24.1 Å². The number of fused-ring (bicyclic) bond motifs is 1. The largest absolute Gasteiger partial charge is 0.489 e. The number of halogens is 1. The lowest BCUT2D eigenvalue weighted by atomic mass is 10.2. The fourth-order valence-electron chi connectivity index (χ4n) is 2.22. The zero-order valence-electron chi connectivity index (χ0n) is 13.7. The third-order valence-corrected chi connectivity index (χ3v) is 3.64. The molecule has 2 N–H and O–H groups in total. The van der Waals surface area contributed by atoms with Crippen LogP contribution in [0.3, 0.4) is 0 Å². The lowest BCUT2D eigenvalue weighted by Gasteiger charge is -2.14. The average molecular weight is 342 g/mol. The van der Waals surface area contributed by atoms with Crippen molar-refractivity contribution in [2.75, 3.05) is 40.5 Å². The molecule has 7 heteroatoms. The topological polar surface area (TPSA) is 64.1 Å². The van der Waals surface area contributed by atoms with E-state index in [9.17, 15) is 0 Å². The Balaban J connectivity index is 1.92. The van der Waals surface area contributed by atoms with Crippen LogP contribution in [0.4, 0.5) is 0 Å². The van der Waals surface area contributed by atoms with Crippen LogP contribution in [0.5, 0.6) is 11.5 Å². The molecule has 0 aliphatic carbocycles. The van der Waals surface area contributed by atoms with Crippen LogP contribution in [-0.2, 0) is 11.3 Å². The number of rotatable bonds is 6. The fourth-order valence-corrected chi connectivity index (χ4v) is 2.50. The maximum Gasteiger partial charge on any atom is 0.191 e. The Morgan fingerprint density at radius 3 is 2.91 bits per heavy atom. The molecule has 0 radical (unpaired) electrons. The molecule has 128 valence electrons. The van der Waals surface area contributed by atoms with Crippen molar-refractivity contribution < 1.29 is 14.2 Å². The van der Waals surface area contributed by atoms with E-state index in [1.807, 2.05) is 12.1 Å². The highest BCUT2D eigenvalue weighted by atomic mass is 35.5. The Bertz CT molecular complexity index is 538. The molecule has 1 heterocycles. The Kier molecular flexibility index (Phi) is 7.29. The van der Waals surface area contributed by atoms with Gasteiger partial charge in [0.25, 0.3) is 0 Å². The number of nitrogens with zero attached hydrogens (tertiary/aromatic N) is 1. The Morgan fingerprint density at radius 1 is 1.30 bits per heavy atom. The Hall–Kier alpha value is -1.66. The highest BCUT2D eigenvalue weighted by molar-refractivity contribution is 6.32. The van der Waals surface area contributed by atoms with Crippen molar-refractivity contribution in [3.05, 3.63) is 22.7 Å². The molecular formula is C16H24ClN3O3. The number of nitrogens with one attached hydrogen (secondary N) is 2. The number of aliphatic imine (C=N–C) groups is 1. The standard InChI is InChI=1S/C16H24ClN3O3/c1-18-16(19-5-3-6-21-2)20-11-12-9-13(17)15-14(10-12)22-7-4-8-23-15/h9-10H,3-8,11H2,1-2H3,(H2,18,19,20). The first-order valence-electron chi connectivity index (χ1n) is 7.76. The maximum absolute atomic E-state index is 6.29. The normalized spacial score (nSPS) is 14.3. The molecule has 0 saturated heterocycles. The molecule has 0 saturated carbocycles. The number of hydrogen-bond donors (Lipinski definition) is 2. The molecule has 0 amide bonds. The van der Waals surface area contributed by atoms with Gasteiger partial charge in [0.2, 0.25) is 0 Å². The summed E-state index contributed by atoms with van der Waals surface area (Å²) in [7, 11) is 3.44. The van der Waals surface area contributed by atoms with Crippen LogP contribution in [0.2, 0.25) is 5.02 Å². The van der Waals surface area contributed by atoms with Crippen molar-refractivity contribution in [3.8, 4) is 11.5 Å². The van der Waals surface area contributed by atoms with Gasteiger partial charge in [-0.1, -0.05) is 11.6 Å². The second kappa shape index (κ2) is 9.47. The zero-order valence-corrected chi connectivity index (χ0v) is 14.4. The summed E-state index contributed by atoms with van der Waals surface area (Å²) in [6.45, 7) is 3.39. The lowest BCUT2D eigenvalue weighted by molar-refractivity contribution is 0.195. The van der Waals surface area contributed by atoms with E-state index in [4.69, 9.17) is 25.8 Å². The van der Waals surface area contributed by atoms with Crippen molar-refractivity contribution >= 4 is 17.6 Å². The zero-order chi connectivity index (χ0) is 16.5. The van der Waals surface area contributed by atoms with E-state index in [0.29, 0.717) is 36.3 Å². The monoisotopic (exact) mass is 341 g/mol. The van der Waals surface area contributed by atoms with Crippen LogP contribution in [0.1, 0.15) is 18.4 Å². The minimum atomic E-state index is 0.573. The Labute approximate surface area is 142 Å². The van der Waals surface area contributed by atoms with Gasteiger partial charge in [-0.3, -0.25) is 4.99 Å². The number of ether oxygens (including phenoxy) is 3. The van der Waals surface area contributed by atoms with Gasteiger partial charge in [0.15, 0.2) is 17.5 Å². The van der Waals surface area contributed by atoms with Crippen LogP contribution in [0, 0.1) is 0 Å². The summed E-state index contributed by atoms with van der Waals surface area (Å²) in [6, 6.07) is 3.85. The number of hydrogen-bond acceptors (Lipinski definition) is 4. The van der Waals surface area contributed by atoms with Crippen molar-refractivity contribution in [2.45, 2.75) is 19.4 Å². The molecule has 1 aliphatic rings. The summed E-state index contributed by atoms with van der Waals surface area (Å²) in [6.07, 6.45) is 1.78. The molecule has 23 heavy (non-hydrogen) atoms. The first kappa shape index (κ1) is 17.7. The maximum atomic E-state index is 6.29. The van der Waals surface area contributed by atoms with Gasteiger partial charge in [-0.2, -0.15) is 0 Å². The van der Waals surface area contributed by atoms with E-state index in [0.717, 1.165) is 37.5 Å². The molecule has 6 nitrogen and oxygen atoms in total. The fraction of sp³-hybridized carbons (Fsp3) is 0.562. The van der Waals surface area contributed by atoms with Crippen LogP contribution in [-0.4, -0.2) is 46.5 Å². The van der Waals surface area contributed by atoms with E-state index in [2.05, 4.69) is 15.6 Å².